The summed E-state index contributed by atoms with van der Waals surface area (Å²) >= 11 is 0. The van der Waals surface area contributed by atoms with Crippen molar-refractivity contribution in [3.8, 4) is 0 Å². The lowest BCUT2D eigenvalue weighted by molar-refractivity contribution is -0.138. The Labute approximate surface area is 362 Å². The van der Waals surface area contributed by atoms with Crippen molar-refractivity contribution in [1.29, 1.82) is 0 Å². The highest BCUT2D eigenvalue weighted by Gasteiger charge is 2.33. The van der Waals surface area contributed by atoms with Gasteiger partial charge in [-0.3, -0.25) is 47.9 Å². The topological polar surface area (TPSA) is 329 Å². The normalized spacial score (nSPS) is 22.5. The number of nitrogens with two attached hydrogens (primary N) is 1. The van der Waals surface area contributed by atoms with Gasteiger partial charge in [0, 0.05) is 49.8 Å². The van der Waals surface area contributed by atoms with E-state index in [1.165, 1.54) is 6.92 Å². The maximum atomic E-state index is 14.0. The van der Waals surface area contributed by atoms with Crippen molar-refractivity contribution in [3.05, 3.63) is 71.9 Å². The number of aromatic nitrogens is 1. The minimum absolute atomic E-state index is 0.0248. The number of hydrogen-bond acceptors (Lipinski definition) is 10. The predicted octanol–water partition coefficient (Wildman–Crippen LogP) is -1.94. The quantitative estimate of drug-likeness (QED) is 0.101. The Hall–Kier alpha value is -7.32. The second-order valence-electron chi connectivity index (χ2n) is 15.1. The minimum atomic E-state index is -1.62. The van der Waals surface area contributed by atoms with Crippen LogP contribution in [0.4, 0.5) is 0 Å². The van der Waals surface area contributed by atoms with Gasteiger partial charge in [0.1, 0.15) is 36.3 Å². The lowest BCUT2D eigenvalue weighted by Gasteiger charge is -2.26. The predicted molar refractivity (Wildman–Crippen MR) is 226 cm³/mol. The molecular formula is C42H54N10O11. The number of carboxylic acids is 1. The van der Waals surface area contributed by atoms with Crippen LogP contribution in [0.1, 0.15) is 63.5 Å². The smallest absolute Gasteiger partial charge is 0.303 e. The van der Waals surface area contributed by atoms with Gasteiger partial charge in [-0.25, -0.2) is 0 Å². The first-order valence-electron chi connectivity index (χ1n) is 20.4. The number of aliphatic carboxylic acids is 1. The van der Waals surface area contributed by atoms with E-state index in [1.807, 2.05) is 18.2 Å². The highest BCUT2D eigenvalue weighted by atomic mass is 16.4. The highest BCUT2D eigenvalue weighted by Crippen LogP contribution is 2.19. The van der Waals surface area contributed by atoms with Gasteiger partial charge in [0.15, 0.2) is 0 Å². The van der Waals surface area contributed by atoms with Crippen LogP contribution in [0.2, 0.25) is 0 Å². The summed E-state index contributed by atoms with van der Waals surface area (Å²) in [5, 5.41) is 30.3. The number of aromatic amines is 1. The summed E-state index contributed by atoms with van der Waals surface area (Å²) < 4.78 is 0. The minimum Gasteiger partial charge on any atom is -0.481 e. The number of H-pyrrole nitrogens is 1. The first-order valence-corrected chi connectivity index (χ1v) is 20.4. The summed E-state index contributed by atoms with van der Waals surface area (Å²) in [7, 11) is 0. The van der Waals surface area contributed by atoms with E-state index in [0.29, 0.717) is 11.1 Å². The van der Waals surface area contributed by atoms with Gasteiger partial charge in [-0.1, -0.05) is 48.5 Å². The largest absolute Gasteiger partial charge is 0.481 e. The molecule has 0 aliphatic carbocycles. The van der Waals surface area contributed by atoms with E-state index in [4.69, 9.17) is 5.73 Å². The molecule has 1 aliphatic rings. The van der Waals surface area contributed by atoms with Gasteiger partial charge >= 0.3 is 5.97 Å². The van der Waals surface area contributed by atoms with Gasteiger partial charge in [-0.05, 0) is 49.8 Å². The Kier molecular flexibility index (Phi) is 18.1. The fourth-order valence-electron chi connectivity index (χ4n) is 6.72. The van der Waals surface area contributed by atoms with Crippen LogP contribution >= 0.6 is 0 Å². The van der Waals surface area contributed by atoms with Crippen LogP contribution in [0, 0.1) is 0 Å². The van der Waals surface area contributed by atoms with Crippen LogP contribution in [0.5, 0.6) is 0 Å². The standard InChI is InChI=1S/C42H54N10O11/c1-23-38(59)51-32(19-26-21-46-28-13-7-6-12-27(26)28)41(62)49-29(37(43)58)14-8-9-17-44-34(54)20-33(48-35(55)22-45-24(2)53)42(63)50-30(15-16-36(56)57)39(60)52-31(40(61)47-23)18-25-10-4-3-5-11-25/h3-7,10-13,21,23,29-33,46H,8-9,14-20,22H2,1-2H3,(H2,43,58)(H,44,54)(H,45,53)(H,47,61)(H,48,55)(H,49,62)(H,50,63)(H,51,59)(H,52,60)(H,56,57)/t23?,29?,30-,31?,32-,33?/m0/s1. The number of nitrogens with one attached hydrogen (secondary N) is 9. The molecule has 1 fully saturated rings. The van der Waals surface area contributed by atoms with Crippen LogP contribution in [-0.4, -0.2) is 119 Å². The van der Waals surface area contributed by atoms with Gasteiger partial charge < -0.3 is 58.4 Å². The summed E-state index contributed by atoms with van der Waals surface area (Å²) in [6, 6.07) is 7.34. The van der Waals surface area contributed by atoms with Crippen LogP contribution in [0.3, 0.4) is 0 Å². The monoisotopic (exact) mass is 874 g/mol. The molecule has 0 bridgehead atoms. The molecule has 12 N–H and O–H groups in total. The number of primary amides is 1. The molecule has 21 heteroatoms. The van der Waals surface area contributed by atoms with Crippen molar-refractivity contribution >= 4 is 70.0 Å². The van der Waals surface area contributed by atoms with E-state index in [9.17, 15) is 53.1 Å². The lowest BCUT2D eigenvalue weighted by atomic mass is 10.0. The van der Waals surface area contributed by atoms with Crippen molar-refractivity contribution in [2.45, 2.75) is 101 Å². The van der Waals surface area contributed by atoms with Crippen molar-refractivity contribution < 1.29 is 53.1 Å². The molecule has 3 aromatic rings. The zero-order chi connectivity index (χ0) is 46.1. The first-order chi connectivity index (χ1) is 30.0. The zero-order valence-corrected chi connectivity index (χ0v) is 34.9. The molecule has 21 nitrogen and oxygen atoms in total. The molecule has 0 saturated carbocycles. The molecule has 0 spiro atoms. The molecule has 9 amide bonds. The number of carbonyl (C=O) groups excluding carboxylic acids is 9. The maximum absolute atomic E-state index is 14.0. The molecule has 63 heavy (non-hydrogen) atoms. The molecule has 6 atom stereocenters. The van der Waals surface area contributed by atoms with Crippen molar-refractivity contribution in [2.75, 3.05) is 13.1 Å². The number of carbonyl (C=O) groups is 10. The summed E-state index contributed by atoms with van der Waals surface area (Å²) in [5.41, 5.74) is 7.69. The Morgan fingerprint density at radius 2 is 1.40 bits per heavy atom. The molecule has 4 unspecified atom stereocenters. The third-order valence-corrected chi connectivity index (χ3v) is 10.1. The van der Waals surface area contributed by atoms with Gasteiger partial charge in [0.05, 0.1) is 13.0 Å². The SMILES string of the molecule is CC(=O)NCC(=O)NC1CC(=O)NCCCCC(C(N)=O)NC(=O)[C@H](Cc2c[nH]c3ccccc23)NC(=O)C(C)NC(=O)C(Cc2ccccc2)NC(=O)[C@H](CCC(=O)O)NC1=O. The van der Waals surface area contributed by atoms with E-state index in [1.54, 1.807) is 42.6 Å². The van der Waals surface area contributed by atoms with Gasteiger partial charge in [0.2, 0.25) is 53.2 Å². The van der Waals surface area contributed by atoms with Crippen LogP contribution in [0.15, 0.2) is 60.8 Å². The summed E-state index contributed by atoms with van der Waals surface area (Å²) in [4.78, 5) is 134. The average molecular weight is 875 g/mol. The summed E-state index contributed by atoms with van der Waals surface area (Å²) in [5.74, 6) is -8.75. The number of hydrogen-bond donors (Lipinski definition) is 11. The number of benzene rings is 2. The summed E-state index contributed by atoms with van der Waals surface area (Å²) in [6.07, 6.45) is 0.350. The van der Waals surface area contributed by atoms with E-state index in [0.717, 1.165) is 17.8 Å². The summed E-state index contributed by atoms with van der Waals surface area (Å²) in [6.45, 7) is 1.98. The van der Waals surface area contributed by atoms with Crippen LogP contribution in [-0.2, 0) is 60.8 Å². The van der Waals surface area contributed by atoms with Gasteiger partial charge in [-0.2, -0.15) is 0 Å². The zero-order valence-electron chi connectivity index (χ0n) is 34.9. The Morgan fingerprint density at radius 3 is 2.10 bits per heavy atom. The van der Waals surface area contributed by atoms with Gasteiger partial charge in [0.25, 0.3) is 0 Å². The Balaban J connectivity index is 1.69. The molecular weight excluding hydrogens is 821 g/mol. The third kappa shape index (κ3) is 15.6. The number of carboxylic acid groups (broad SMARTS) is 1. The fraction of sp³-hybridized carbons (Fsp3) is 0.429. The molecule has 1 aliphatic heterocycles. The molecule has 4 rings (SSSR count). The number of para-hydroxylation sites is 1. The molecule has 2 heterocycles. The number of fused-ring (bicyclic) bond motifs is 1. The first kappa shape index (κ1) is 48.3. The average Bonchev–Trinajstić information content (AvgIpc) is 3.65. The maximum Gasteiger partial charge on any atom is 0.303 e. The van der Waals surface area contributed by atoms with E-state index >= 15 is 0 Å². The molecule has 1 saturated heterocycles. The van der Waals surface area contributed by atoms with Crippen molar-refractivity contribution in [2.24, 2.45) is 5.73 Å². The van der Waals surface area contributed by atoms with E-state index in [2.05, 4.69) is 47.5 Å². The molecule has 338 valence electrons. The van der Waals surface area contributed by atoms with E-state index < -0.39 is 121 Å². The number of amides is 9. The third-order valence-electron chi connectivity index (χ3n) is 10.1. The Bertz CT molecular complexity index is 2160. The highest BCUT2D eigenvalue weighted by molar-refractivity contribution is 5.98. The lowest BCUT2D eigenvalue weighted by Crippen LogP contribution is -2.60. The molecule has 2 aromatic carbocycles. The second kappa shape index (κ2) is 23.6. The second-order valence-corrected chi connectivity index (χ2v) is 15.1. The fourth-order valence-corrected chi connectivity index (χ4v) is 6.72. The van der Waals surface area contributed by atoms with Crippen molar-refractivity contribution in [1.82, 2.24) is 47.5 Å². The van der Waals surface area contributed by atoms with Crippen molar-refractivity contribution in [3.63, 3.8) is 0 Å². The Morgan fingerprint density at radius 1 is 0.762 bits per heavy atom. The molecule has 1 aromatic heterocycles. The van der Waals surface area contributed by atoms with E-state index in [-0.39, 0.29) is 38.6 Å². The van der Waals surface area contributed by atoms with Crippen LogP contribution < -0.4 is 48.3 Å². The van der Waals surface area contributed by atoms with Gasteiger partial charge in [-0.15, -0.1) is 0 Å². The van der Waals surface area contributed by atoms with Crippen LogP contribution in [0.25, 0.3) is 10.9 Å². The molecule has 0 radical (unpaired) electrons. The number of rotatable bonds is 11.